The minimum Gasteiger partial charge on any atom is -0.508 e. The summed E-state index contributed by atoms with van der Waals surface area (Å²) in [7, 11) is 0. The van der Waals surface area contributed by atoms with Crippen LogP contribution in [0.3, 0.4) is 0 Å². The van der Waals surface area contributed by atoms with Crippen LogP contribution in [0.15, 0.2) is 54.6 Å². The van der Waals surface area contributed by atoms with Gasteiger partial charge < -0.3 is 5.11 Å². The van der Waals surface area contributed by atoms with E-state index in [9.17, 15) is 0 Å². The van der Waals surface area contributed by atoms with Gasteiger partial charge in [0.2, 0.25) is 0 Å². The number of rotatable bonds is 2. The van der Waals surface area contributed by atoms with E-state index in [0.29, 0.717) is 11.7 Å². The molecule has 1 unspecified atom stereocenters. The molecule has 0 aliphatic rings. The molecule has 0 amide bonds. The van der Waals surface area contributed by atoms with Crippen LogP contribution in [0.5, 0.6) is 5.75 Å². The largest absolute Gasteiger partial charge is 0.508 e. The Bertz CT molecular complexity index is 427. The van der Waals surface area contributed by atoms with Crippen LogP contribution in [0.2, 0.25) is 0 Å². The molecular formula is C17H22O. The van der Waals surface area contributed by atoms with Crippen molar-refractivity contribution in [3.05, 3.63) is 65.7 Å². The summed E-state index contributed by atoms with van der Waals surface area (Å²) in [5.74, 6) is 1.08. The van der Waals surface area contributed by atoms with Gasteiger partial charge in [-0.25, -0.2) is 0 Å². The van der Waals surface area contributed by atoms with E-state index in [-0.39, 0.29) is 0 Å². The Morgan fingerprint density at radius 1 is 0.944 bits per heavy atom. The fourth-order valence-corrected chi connectivity index (χ4v) is 1.58. The standard InChI is InChI=1S/C10H14.C7H8O/c1-3-9(2)10-7-5-4-6-8-10;1-6-4-2-3-5-7(6)8/h4-9H,3H2,1-2H3;2-5,8H,1H3. The summed E-state index contributed by atoms with van der Waals surface area (Å²) in [6.07, 6.45) is 1.23. The van der Waals surface area contributed by atoms with Gasteiger partial charge in [0.25, 0.3) is 0 Å². The first-order chi connectivity index (χ1) is 8.65. The summed E-state index contributed by atoms with van der Waals surface area (Å²) in [4.78, 5) is 0. The molecule has 1 atom stereocenters. The number of phenolic OH excluding ortho intramolecular Hbond substituents is 1. The van der Waals surface area contributed by atoms with Gasteiger partial charge in [-0.15, -0.1) is 0 Å². The van der Waals surface area contributed by atoms with Crippen LogP contribution in [0.25, 0.3) is 0 Å². The molecule has 0 bridgehead atoms. The van der Waals surface area contributed by atoms with Crippen molar-refractivity contribution in [2.24, 2.45) is 0 Å². The average Bonchev–Trinajstić information content (AvgIpc) is 2.43. The normalized spacial score (nSPS) is 11.3. The number of para-hydroxylation sites is 1. The molecule has 1 nitrogen and oxygen atoms in total. The van der Waals surface area contributed by atoms with E-state index >= 15 is 0 Å². The zero-order chi connectivity index (χ0) is 13.4. The van der Waals surface area contributed by atoms with Crippen LogP contribution in [-0.4, -0.2) is 5.11 Å². The number of hydrogen-bond donors (Lipinski definition) is 1. The summed E-state index contributed by atoms with van der Waals surface area (Å²) in [5.41, 5.74) is 2.37. The Balaban J connectivity index is 0.000000184. The van der Waals surface area contributed by atoms with E-state index < -0.39 is 0 Å². The Labute approximate surface area is 110 Å². The van der Waals surface area contributed by atoms with Gasteiger partial charge in [0.15, 0.2) is 0 Å². The third-order valence-corrected chi connectivity index (χ3v) is 3.10. The second kappa shape index (κ2) is 7.54. The minimum atomic E-state index is 0.368. The molecule has 1 heteroatoms. The molecule has 0 heterocycles. The molecule has 0 radical (unpaired) electrons. The molecule has 18 heavy (non-hydrogen) atoms. The first-order valence-electron chi connectivity index (χ1n) is 6.44. The highest BCUT2D eigenvalue weighted by Gasteiger charge is 1.98. The van der Waals surface area contributed by atoms with Crippen molar-refractivity contribution in [2.45, 2.75) is 33.1 Å². The summed E-state index contributed by atoms with van der Waals surface area (Å²) >= 11 is 0. The zero-order valence-corrected chi connectivity index (χ0v) is 11.4. The average molecular weight is 242 g/mol. The van der Waals surface area contributed by atoms with Crippen LogP contribution in [0, 0.1) is 6.92 Å². The van der Waals surface area contributed by atoms with E-state index in [1.54, 1.807) is 6.07 Å². The van der Waals surface area contributed by atoms with Crippen molar-refractivity contribution in [2.75, 3.05) is 0 Å². The molecule has 2 aromatic carbocycles. The SMILES string of the molecule is CCC(C)c1ccccc1.Cc1ccccc1O. The molecular weight excluding hydrogens is 220 g/mol. The Morgan fingerprint density at radius 2 is 1.50 bits per heavy atom. The highest BCUT2D eigenvalue weighted by Crippen LogP contribution is 2.16. The third kappa shape index (κ3) is 4.62. The van der Waals surface area contributed by atoms with Crippen molar-refractivity contribution >= 4 is 0 Å². The van der Waals surface area contributed by atoms with E-state index in [2.05, 4.69) is 44.2 Å². The molecule has 0 aromatic heterocycles. The van der Waals surface area contributed by atoms with Crippen LogP contribution < -0.4 is 0 Å². The van der Waals surface area contributed by atoms with Crippen LogP contribution in [0.1, 0.15) is 37.3 Å². The molecule has 2 aromatic rings. The van der Waals surface area contributed by atoms with E-state index in [1.165, 1.54) is 12.0 Å². The van der Waals surface area contributed by atoms with Gasteiger partial charge in [-0.1, -0.05) is 62.4 Å². The number of hydrogen-bond acceptors (Lipinski definition) is 1. The first-order valence-corrected chi connectivity index (χ1v) is 6.44. The van der Waals surface area contributed by atoms with Gasteiger partial charge in [-0.05, 0) is 36.5 Å². The minimum absolute atomic E-state index is 0.368. The van der Waals surface area contributed by atoms with Crippen molar-refractivity contribution in [3.8, 4) is 5.75 Å². The van der Waals surface area contributed by atoms with Gasteiger partial charge in [-0.2, -0.15) is 0 Å². The van der Waals surface area contributed by atoms with Crippen LogP contribution in [0.4, 0.5) is 0 Å². The van der Waals surface area contributed by atoms with Gasteiger partial charge in [0.05, 0.1) is 0 Å². The maximum Gasteiger partial charge on any atom is 0.118 e. The van der Waals surface area contributed by atoms with E-state index in [4.69, 9.17) is 5.11 Å². The molecule has 0 fully saturated rings. The molecule has 2 rings (SSSR count). The van der Waals surface area contributed by atoms with Gasteiger partial charge >= 0.3 is 0 Å². The Kier molecular flexibility index (Phi) is 5.99. The predicted octanol–water partition coefficient (Wildman–Crippen LogP) is 4.90. The second-order valence-corrected chi connectivity index (χ2v) is 4.51. The number of aryl methyl sites for hydroxylation is 1. The highest BCUT2D eigenvalue weighted by atomic mass is 16.3. The molecule has 1 N–H and O–H groups in total. The predicted molar refractivity (Wildman–Crippen MR) is 78.0 cm³/mol. The Hall–Kier alpha value is -1.76. The fourth-order valence-electron chi connectivity index (χ4n) is 1.58. The lowest BCUT2D eigenvalue weighted by Crippen LogP contribution is -1.88. The monoisotopic (exact) mass is 242 g/mol. The topological polar surface area (TPSA) is 20.2 Å². The van der Waals surface area contributed by atoms with Crippen molar-refractivity contribution < 1.29 is 5.11 Å². The molecule has 0 aliphatic carbocycles. The lowest BCUT2D eigenvalue weighted by molar-refractivity contribution is 0.471. The lowest BCUT2D eigenvalue weighted by atomic mass is 9.99. The Morgan fingerprint density at radius 3 is 1.94 bits per heavy atom. The van der Waals surface area contributed by atoms with Crippen molar-refractivity contribution in [3.63, 3.8) is 0 Å². The van der Waals surface area contributed by atoms with Gasteiger partial charge in [0.1, 0.15) is 5.75 Å². The van der Waals surface area contributed by atoms with Crippen molar-refractivity contribution in [1.29, 1.82) is 0 Å². The fraction of sp³-hybridized carbons (Fsp3) is 0.294. The zero-order valence-electron chi connectivity index (χ0n) is 11.4. The van der Waals surface area contributed by atoms with Crippen molar-refractivity contribution in [1.82, 2.24) is 0 Å². The highest BCUT2D eigenvalue weighted by molar-refractivity contribution is 5.29. The van der Waals surface area contributed by atoms with Crippen LogP contribution >= 0.6 is 0 Å². The molecule has 0 aliphatic heterocycles. The smallest absolute Gasteiger partial charge is 0.118 e. The number of aromatic hydroxyl groups is 1. The quantitative estimate of drug-likeness (QED) is 0.794. The third-order valence-electron chi connectivity index (χ3n) is 3.10. The summed E-state index contributed by atoms with van der Waals surface area (Å²) in [5, 5.41) is 8.92. The molecule has 96 valence electrons. The van der Waals surface area contributed by atoms with E-state index in [0.717, 1.165) is 5.56 Å². The molecule has 0 saturated heterocycles. The first kappa shape index (κ1) is 14.3. The maximum atomic E-state index is 8.92. The van der Waals surface area contributed by atoms with Gasteiger partial charge in [-0.3, -0.25) is 0 Å². The molecule has 0 saturated carbocycles. The number of phenols is 1. The van der Waals surface area contributed by atoms with Crippen LogP contribution in [-0.2, 0) is 0 Å². The van der Waals surface area contributed by atoms with Gasteiger partial charge in [0, 0.05) is 0 Å². The summed E-state index contributed by atoms with van der Waals surface area (Å²) < 4.78 is 0. The summed E-state index contributed by atoms with van der Waals surface area (Å²) in [6.45, 7) is 6.35. The second-order valence-electron chi connectivity index (χ2n) is 4.51. The summed E-state index contributed by atoms with van der Waals surface area (Å²) in [6, 6.07) is 17.9. The lowest BCUT2D eigenvalue weighted by Gasteiger charge is -2.06. The molecule has 0 spiro atoms. The van der Waals surface area contributed by atoms with E-state index in [1.807, 2.05) is 25.1 Å². The maximum absolute atomic E-state index is 8.92. The number of benzene rings is 2.